The minimum absolute atomic E-state index is 0.163. The summed E-state index contributed by atoms with van der Waals surface area (Å²) in [4.78, 5) is 15.3. The Bertz CT molecular complexity index is 920. The Labute approximate surface area is 209 Å². The normalized spacial score (nSPS) is 56.5. The van der Waals surface area contributed by atoms with Crippen LogP contribution in [0.4, 0.5) is 0 Å². The van der Waals surface area contributed by atoms with Gasteiger partial charge in [-0.05, 0) is 109 Å². The number of carbonyl (C=O) groups is 1. The van der Waals surface area contributed by atoms with Crippen molar-refractivity contribution in [1.82, 2.24) is 0 Å². The molecule has 0 aromatic carbocycles. The first kappa shape index (κ1) is 23.5. The zero-order valence-corrected chi connectivity index (χ0v) is 23.4. The van der Waals surface area contributed by atoms with Gasteiger partial charge < -0.3 is 0 Å². The van der Waals surface area contributed by atoms with E-state index in [4.69, 9.17) is 0 Å². The molecule has 0 N–H and O–H groups in total. The highest BCUT2D eigenvalue weighted by Gasteiger charge is 2.77. The molecule has 6 aliphatic rings. The van der Waals surface area contributed by atoms with Crippen LogP contribution in [-0.2, 0) is 4.79 Å². The van der Waals surface area contributed by atoms with Crippen molar-refractivity contribution in [2.24, 2.45) is 68.0 Å². The van der Waals surface area contributed by atoms with Crippen molar-refractivity contribution in [3.05, 3.63) is 24.3 Å². The molecule has 2 spiro atoms. The van der Waals surface area contributed by atoms with Gasteiger partial charge >= 0.3 is 0 Å². The zero-order chi connectivity index (χ0) is 24.9. The summed E-state index contributed by atoms with van der Waals surface area (Å²) in [7, 11) is 0. The van der Waals surface area contributed by atoms with Gasteiger partial charge in [0.2, 0.25) is 0 Å². The predicted octanol–water partition coefficient (Wildman–Crippen LogP) is 8.65. The second-order valence-corrected chi connectivity index (χ2v) is 16.2. The largest absolute Gasteiger partial charge is 0.298 e. The summed E-state index contributed by atoms with van der Waals surface area (Å²) in [6.07, 6.45) is 9.62. The topological polar surface area (TPSA) is 17.1 Å². The summed E-state index contributed by atoms with van der Waals surface area (Å²) in [5.74, 6) is 4.08. The molecule has 34 heavy (non-hydrogen) atoms. The molecule has 188 valence electrons. The minimum Gasteiger partial charge on any atom is -0.298 e. The molecule has 0 saturated heterocycles. The van der Waals surface area contributed by atoms with Crippen LogP contribution in [-0.4, -0.2) is 5.78 Å². The van der Waals surface area contributed by atoms with Crippen LogP contribution in [0.1, 0.15) is 107 Å². The highest BCUT2D eigenvalue weighted by Crippen LogP contribution is 2.81. The molecule has 10 unspecified atom stereocenters. The Balaban J connectivity index is 1.47. The predicted molar refractivity (Wildman–Crippen MR) is 141 cm³/mol. The van der Waals surface area contributed by atoms with E-state index in [-0.39, 0.29) is 21.7 Å². The van der Waals surface area contributed by atoms with E-state index >= 15 is 4.79 Å². The van der Waals surface area contributed by atoms with E-state index in [0.717, 1.165) is 12.8 Å². The number of rotatable bonds is 2. The molecular formula is C33H50O. The van der Waals surface area contributed by atoms with Gasteiger partial charge in [0.15, 0.2) is 0 Å². The standard InChI is InChI=1S/C33H50O/c1-19-11-13-32-17-23(19)28(5,6)25(32)30(9,15-21(32)3)27(34)31(10)16-22(4)33-14-12-20(2)24(18-33)29(7,8)26(31)33/h21-26H,1-2,11-18H2,3-10H3. The number of hydrogen-bond donors (Lipinski definition) is 0. The summed E-state index contributed by atoms with van der Waals surface area (Å²) < 4.78 is 0. The number of Topliss-reactive ketones (excluding diaryl/α,β-unsaturated/α-hetero) is 1. The first-order valence-corrected chi connectivity index (χ1v) is 14.5. The van der Waals surface area contributed by atoms with E-state index < -0.39 is 0 Å². The third-order valence-electron chi connectivity index (χ3n) is 14.1. The molecule has 0 aromatic rings. The van der Waals surface area contributed by atoms with Gasteiger partial charge in [0, 0.05) is 10.8 Å². The Hall–Kier alpha value is -0.850. The number of carbonyl (C=O) groups excluding carboxylic acids is 1. The quantitative estimate of drug-likeness (QED) is 0.375. The number of hydrogen-bond acceptors (Lipinski definition) is 1. The smallest absolute Gasteiger partial charge is 0.145 e. The van der Waals surface area contributed by atoms with Crippen molar-refractivity contribution in [3.8, 4) is 0 Å². The maximum Gasteiger partial charge on any atom is 0.145 e. The fourth-order valence-corrected chi connectivity index (χ4v) is 13.8. The molecule has 6 saturated carbocycles. The summed E-state index contributed by atoms with van der Waals surface area (Å²) in [5.41, 5.74) is 3.51. The third-order valence-corrected chi connectivity index (χ3v) is 14.1. The van der Waals surface area contributed by atoms with Crippen LogP contribution in [0.2, 0.25) is 0 Å². The molecule has 0 heterocycles. The Morgan fingerprint density at radius 1 is 0.676 bits per heavy atom. The van der Waals surface area contributed by atoms with Gasteiger partial charge in [-0.2, -0.15) is 0 Å². The lowest BCUT2D eigenvalue weighted by Crippen LogP contribution is -2.52. The van der Waals surface area contributed by atoms with Crippen LogP contribution in [0, 0.1) is 68.0 Å². The van der Waals surface area contributed by atoms with Crippen LogP contribution in [0.5, 0.6) is 0 Å². The molecule has 10 atom stereocenters. The highest BCUT2D eigenvalue weighted by molar-refractivity contribution is 5.92. The molecule has 0 aliphatic heterocycles. The average Bonchev–Trinajstić information content (AvgIpc) is 3.27. The molecule has 1 heteroatoms. The van der Waals surface area contributed by atoms with Crippen LogP contribution >= 0.6 is 0 Å². The van der Waals surface area contributed by atoms with Crippen LogP contribution in [0.3, 0.4) is 0 Å². The van der Waals surface area contributed by atoms with Gasteiger partial charge in [0.1, 0.15) is 5.78 Å². The van der Waals surface area contributed by atoms with Gasteiger partial charge in [0.05, 0.1) is 0 Å². The van der Waals surface area contributed by atoms with E-state index in [1.807, 2.05) is 0 Å². The maximum atomic E-state index is 15.3. The lowest BCUT2D eigenvalue weighted by molar-refractivity contribution is -0.149. The molecular weight excluding hydrogens is 412 g/mol. The average molecular weight is 463 g/mol. The van der Waals surface area contributed by atoms with Gasteiger partial charge in [-0.25, -0.2) is 0 Å². The summed E-state index contributed by atoms with van der Waals surface area (Å²) in [5, 5.41) is 0. The van der Waals surface area contributed by atoms with E-state index in [1.54, 1.807) is 0 Å². The van der Waals surface area contributed by atoms with E-state index in [0.29, 0.717) is 52.1 Å². The lowest BCUT2D eigenvalue weighted by Gasteiger charge is -2.50. The second-order valence-electron chi connectivity index (χ2n) is 16.2. The molecule has 0 amide bonds. The van der Waals surface area contributed by atoms with E-state index in [2.05, 4.69) is 68.5 Å². The van der Waals surface area contributed by atoms with Crippen LogP contribution in [0.15, 0.2) is 24.3 Å². The third kappa shape index (κ3) is 2.29. The Morgan fingerprint density at radius 3 is 1.38 bits per heavy atom. The Kier molecular flexibility index (Phi) is 4.39. The van der Waals surface area contributed by atoms with Crippen LogP contribution in [0.25, 0.3) is 0 Å². The number of allylic oxidation sites excluding steroid dienone is 2. The highest BCUT2D eigenvalue weighted by atomic mass is 16.1. The van der Waals surface area contributed by atoms with E-state index in [9.17, 15) is 0 Å². The van der Waals surface area contributed by atoms with Gasteiger partial charge in [-0.15, -0.1) is 0 Å². The first-order chi connectivity index (χ1) is 15.6. The molecule has 1 nitrogen and oxygen atoms in total. The fraction of sp³-hybridized carbons (Fsp3) is 0.848. The zero-order valence-electron chi connectivity index (χ0n) is 23.4. The van der Waals surface area contributed by atoms with Gasteiger partial charge in [-0.1, -0.05) is 79.7 Å². The van der Waals surface area contributed by atoms with Crippen molar-refractivity contribution in [1.29, 1.82) is 0 Å². The van der Waals surface area contributed by atoms with Crippen molar-refractivity contribution >= 4 is 5.78 Å². The molecule has 0 aromatic heterocycles. The molecule has 6 aliphatic carbocycles. The minimum atomic E-state index is -0.216. The molecule has 6 fully saturated rings. The summed E-state index contributed by atoms with van der Waals surface area (Å²) in [6.45, 7) is 29.0. The first-order valence-electron chi connectivity index (χ1n) is 14.5. The van der Waals surface area contributed by atoms with Crippen molar-refractivity contribution in [2.45, 2.75) is 107 Å². The summed E-state index contributed by atoms with van der Waals surface area (Å²) in [6, 6.07) is 0. The lowest BCUT2D eigenvalue weighted by atomic mass is 9.52. The van der Waals surface area contributed by atoms with Crippen molar-refractivity contribution in [2.75, 3.05) is 0 Å². The second kappa shape index (κ2) is 6.34. The van der Waals surface area contributed by atoms with Gasteiger partial charge in [0.25, 0.3) is 0 Å². The van der Waals surface area contributed by atoms with Gasteiger partial charge in [-0.3, -0.25) is 4.79 Å². The SMILES string of the molecule is C=C1CCC23CC1C(C)(C)C2C(C)(C(=O)C1(C)CC(C)C24CCC(=C)C(C2)C(C)(C)C14)CC3C. The van der Waals surface area contributed by atoms with Crippen molar-refractivity contribution < 1.29 is 4.79 Å². The summed E-state index contributed by atoms with van der Waals surface area (Å²) >= 11 is 0. The monoisotopic (exact) mass is 462 g/mol. The fourth-order valence-electron chi connectivity index (χ4n) is 13.8. The van der Waals surface area contributed by atoms with Crippen LogP contribution < -0.4 is 0 Å². The number of ketones is 1. The Morgan fingerprint density at radius 2 is 1.03 bits per heavy atom. The van der Waals surface area contributed by atoms with E-state index in [1.165, 1.54) is 49.7 Å². The number of fused-ring (bicyclic) bond motifs is 2. The molecule has 4 bridgehead atoms. The maximum absolute atomic E-state index is 15.3. The molecule has 6 rings (SSSR count). The van der Waals surface area contributed by atoms with Crippen molar-refractivity contribution in [3.63, 3.8) is 0 Å². The molecule has 0 radical (unpaired) electrons.